The fourth-order valence-electron chi connectivity index (χ4n) is 1.67. The topological polar surface area (TPSA) is 51.0 Å². The average Bonchev–Trinajstić information content (AvgIpc) is 2.66. The van der Waals surface area contributed by atoms with Crippen LogP contribution in [-0.2, 0) is 9.53 Å². The monoisotopic (exact) mass is 214 g/mol. The fourth-order valence-corrected chi connectivity index (χ4v) is 1.82. The smallest absolute Gasteiger partial charge is 0.290 e. The van der Waals surface area contributed by atoms with Crippen LogP contribution in [0.2, 0.25) is 0 Å². The van der Waals surface area contributed by atoms with Crippen molar-refractivity contribution in [1.82, 2.24) is 0 Å². The van der Waals surface area contributed by atoms with Crippen molar-refractivity contribution in [3.8, 4) is 0 Å². The van der Waals surface area contributed by atoms with Crippen LogP contribution in [0.1, 0.15) is 25.7 Å². The minimum Gasteiger partial charge on any atom is -0.491 e. The predicted octanol–water partition coefficient (Wildman–Crippen LogP) is 2.39. The first kappa shape index (κ1) is 9.65. The Labute approximate surface area is 87.0 Å². The molecule has 1 unspecified atom stereocenters. The summed E-state index contributed by atoms with van der Waals surface area (Å²) in [5, 5.41) is 6.09. The van der Waals surface area contributed by atoms with Crippen LogP contribution in [0, 0.1) is 0 Å². The van der Waals surface area contributed by atoms with Crippen LogP contribution in [-0.4, -0.2) is 17.4 Å². The highest BCUT2D eigenvalue weighted by molar-refractivity contribution is 6.32. The second kappa shape index (κ2) is 4.09. The third-order valence-electron chi connectivity index (χ3n) is 2.41. The number of nitrogens with zero attached hydrogens (tertiary/aromatic N) is 2. The van der Waals surface area contributed by atoms with Crippen molar-refractivity contribution >= 4 is 17.5 Å². The van der Waals surface area contributed by atoms with Gasteiger partial charge in [0.05, 0.1) is 12.3 Å². The molecule has 0 spiro atoms. The standard InChI is InChI=1S/C9H11ClN2O2/c10-8-7(5-11-12-9(8)13)14-6-3-1-2-4-6/h5-6,8H,1-4H2. The summed E-state index contributed by atoms with van der Waals surface area (Å²) in [6, 6.07) is 0. The maximum Gasteiger partial charge on any atom is 0.290 e. The van der Waals surface area contributed by atoms with Crippen LogP contribution in [0.4, 0.5) is 0 Å². The first-order valence-corrected chi connectivity index (χ1v) is 5.16. The molecule has 0 saturated heterocycles. The van der Waals surface area contributed by atoms with Crippen molar-refractivity contribution in [2.75, 3.05) is 0 Å². The quantitative estimate of drug-likeness (QED) is 0.663. The molecule has 1 fully saturated rings. The molecule has 5 heteroatoms. The summed E-state index contributed by atoms with van der Waals surface area (Å²) in [5.41, 5.74) is 0. The van der Waals surface area contributed by atoms with Crippen LogP contribution < -0.4 is 0 Å². The molecule has 0 aromatic rings. The molecule has 4 nitrogen and oxygen atoms in total. The van der Waals surface area contributed by atoms with E-state index in [1.807, 2.05) is 0 Å². The van der Waals surface area contributed by atoms with E-state index >= 15 is 0 Å². The van der Waals surface area contributed by atoms with Gasteiger partial charge in [-0.1, -0.05) is 0 Å². The van der Waals surface area contributed by atoms with Crippen molar-refractivity contribution < 1.29 is 9.53 Å². The number of hydrogen-bond acceptors (Lipinski definition) is 3. The molecule has 0 aromatic carbocycles. The molecule has 0 N–H and O–H groups in total. The van der Waals surface area contributed by atoms with Gasteiger partial charge in [-0.15, -0.1) is 16.7 Å². The molecule has 2 rings (SSSR count). The van der Waals surface area contributed by atoms with E-state index in [1.54, 1.807) is 0 Å². The van der Waals surface area contributed by atoms with E-state index in [0.29, 0.717) is 5.76 Å². The van der Waals surface area contributed by atoms with Crippen LogP contribution in [0.5, 0.6) is 0 Å². The lowest BCUT2D eigenvalue weighted by Crippen LogP contribution is -2.22. The van der Waals surface area contributed by atoms with Crippen LogP contribution in [0.15, 0.2) is 22.2 Å². The van der Waals surface area contributed by atoms with E-state index in [4.69, 9.17) is 16.3 Å². The Balaban J connectivity index is 1.99. The van der Waals surface area contributed by atoms with Gasteiger partial charge in [-0.3, -0.25) is 4.79 Å². The highest BCUT2D eigenvalue weighted by Crippen LogP contribution is 2.27. The van der Waals surface area contributed by atoms with E-state index in [0.717, 1.165) is 12.8 Å². The molecule has 0 aromatic heterocycles. The Morgan fingerprint density at radius 3 is 2.86 bits per heavy atom. The Morgan fingerprint density at radius 1 is 1.43 bits per heavy atom. The van der Waals surface area contributed by atoms with E-state index in [-0.39, 0.29) is 6.10 Å². The Morgan fingerprint density at radius 2 is 2.14 bits per heavy atom. The number of halogens is 1. The molecule has 0 radical (unpaired) electrons. The largest absolute Gasteiger partial charge is 0.491 e. The SMILES string of the molecule is O=C1N=NC=C(OC2CCCC2)C1Cl. The van der Waals surface area contributed by atoms with Gasteiger partial charge in [-0.05, 0) is 25.7 Å². The molecule has 1 aliphatic carbocycles. The number of hydrogen-bond donors (Lipinski definition) is 0. The van der Waals surface area contributed by atoms with Gasteiger partial charge in [0.15, 0.2) is 5.38 Å². The van der Waals surface area contributed by atoms with Crippen LogP contribution in [0.25, 0.3) is 0 Å². The Bertz CT molecular complexity index is 295. The molecule has 14 heavy (non-hydrogen) atoms. The summed E-state index contributed by atoms with van der Waals surface area (Å²) >= 11 is 5.81. The average molecular weight is 215 g/mol. The second-order valence-electron chi connectivity index (χ2n) is 3.47. The first-order chi connectivity index (χ1) is 6.77. The van der Waals surface area contributed by atoms with E-state index in [1.165, 1.54) is 19.0 Å². The third kappa shape index (κ3) is 1.95. The van der Waals surface area contributed by atoms with E-state index in [9.17, 15) is 4.79 Å². The lowest BCUT2D eigenvalue weighted by molar-refractivity contribution is -0.118. The van der Waals surface area contributed by atoms with E-state index < -0.39 is 11.3 Å². The van der Waals surface area contributed by atoms with Crippen molar-refractivity contribution in [3.05, 3.63) is 12.0 Å². The van der Waals surface area contributed by atoms with Gasteiger partial charge < -0.3 is 4.74 Å². The number of ether oxygens (including phenoxy) is 1. The second-order valence-corrected chi connectivity index (χ2v) is 3.91. The van der Waals surface area contributed by atoms with Crippen LogP contribution >= 0.6 is 11.6 Å². The number of azo groups is 1. The molecular formula is C9H11ClN2O2. The summed E-state index contributed by atoms with van der Waals surface area (Å²) < 4.78 is 5.59. The summed E-state index contributed by atoms with van der Waals surface area (Å²) in [6.45, 7) is 0. The zero-order valence-electron chi connectivity index (χ0n) is 7.65. The zero-order chi connectivity index (χ0) is 9.97. The lowest BCUT2D eigenvalue weighted by atomic mass is 10.3. The minimum absolute atomic E-state index is 0.198. The Kier molecular flexibility index (Phi) is 2.82. The molecule has 1 amide bonds. The molecular weight excluding hydrogens is 204 g/mol. The van der Waals surface area contributed by atoms with Gasteiger partial charge in [-0.25, -0.2) is 0 Å². The third-order valence-corrected chi connectivity index (χ3v) is 2.81. The number of amides is 1. The number of carbonyl (C=O) groups is 1. The van der Waals surface area contributed by atoms with Gasteiger partial charge in [-0.2, -0.15) is 5.11 Å². The minimum atomic E-state index is -0.784. The summed E-state index contributed by atoms with van der Waals surface area (Å²) in [5.74, 6) is 0.000676. The van der Waals surface area contributed by atoms with Gasteiger partial charge in [0.25, 0.3) is 5.91 Å². The molecule has 2 aliphatic rings. The first-order valence-electron chi connectivity index (χ1n) is 4.73. The zero-order valence-corrected chi connectivity index (χ0v) is 8.41. The molecule has 0 bridgehead atoms. The highest BCUT2D eigenvalue weighted by atomic mass is 35.5. The highest BCUT2D eigenvalue weighted by Gasteiger charge is 2.27. The number of alkyl halides is 1. The maximum atomic E-state index is 11.1. The van der Waals surface area contributed by atoms with E-state index in [2.05, 4.69) is 10.2 Å². The van der Waals surface area contributed by atoms with Crippen molar-refractivity contribution in [1.29, 1.82) is 0 Å². The Hall–Kier alpha value is -0.900. The summed E-state index contributed by atoms with van der Waals surface area (Å²) in [6.07, 6.45) is 6.06. The summed E-state index contributed by atoms with van der Waals surface area (Å²) in [4.78, 5) is 11.1. The fraction of sp³-hybridized carbons (Fsp3) is 0.667. The van der Waals surface area contributed by atoms with Gasteiger partial charge in [0.1, 0.15) is 5.76 Å². The van der Waals surface area contributed by atoms with Crippen molar-refractivity contribution in [3.63, 3.8) is 0 Å². The predicted molar refractivity (Wildman–Crippen MR) is 50.9 cm³/mol. The normalized spacial score (nSPS) is 27.9. The van der Waals surface area contributed by atoms with Crippen molar-refractivity contribution in [2.24, 2.45) is 10.2 Å². The lowest BCUT2D eigenvalue weighted by Gasteiger charge is -2.18. The number of rotatable bonds is 2. The molecule has 1 atom stereocenters. The van der Waals surface area contributed by atoms with Crippen LogP contribution in [0.3, 0.4) is 0 Å². The molecule has 1 heterocycles. The molecule has 76 valence electrons. The molecule has 1 saturated carbocycles. The summed E-state index contributed by atoms with van der Waals surface area (Å²) in [7, 11) is 0. The van der Waals surface area contributed by atoms with Gasteiger partial charge in [0.2, 0.25) is 0 Å². The maximum absolute atomic E-state index is 11.1. The molecule has 1 aliphatic heterocycles. The number of carbonyl (C=O) groups excluding carboxylic acids is 1. The van der Waals surface area contributed by atoms with Gasteiger partial charge in [0, 0.05) is 0 Å². The van der Waals surface area contributed by atoms with Crippen molar-refractivity contribution in [2.45, 2.75) is 37.2 Å². The van der Waals surface area contributed by atoms with Gasteiger partial charge >= 0.3 is 0 Å².